The number of aromatic nitrogens is 1. The van der Waals surface area contributed by atoms with E-state index in [0.717, 1.165) is 17.4 Å². The lowest BCUT2D eigenvalue weighted by atomic mass is 10.3. The van der Waals surface area contributed by atoms with Gasteiger partial charge in [0.25, 0.3) is 0 Å². The largest absolute Gasteiger partial charge is 0.373 e. The average Bonchev–Trinajstić information content (AvgIpc) is 2.40. The first-order valence-corrected chi connectivity index (χ1v) is 6.39. The fraction of sp³-hybridized carbons (Fsp3) is 0.154. The molecular formula is C13H12F2N2S. The van der Waals surface area contributed by atoms with Crippen molar-refractivity contribution < 1.29 is 8.78 Å². The Bertz CT molecular complexity index is 546. The van der Waals surface area contributed by atoms with Crippen LogP contribution in [0.3, 0.4) is 0 Å². The van der Waals surface area contributed by atoms with E-state index in [2.05, 4.69) is 10.3 Å². The van der Waals surface area contributed by atoms with Gasteiger partial charge in [-0.05, 0) is 24.3 Å². The zero-order valence-corrected chi connectivity index (χ0v) is 10.6. The molecule has 0 atom stereocenters. The number of pyridine rings is 1. The lowest BCUT2D eigenvalue weighted by Crippen LogP contribution is -1.96. The second-order valence-electron chi connectivity index (χ2n) is 3.63. The second-order valence-corrected chi connectivity index (χ2v) is 4.67. The van der Waals surface area contributed by atoms with Crippen LogP contribution in [0.4, 0.5) is 14.6 Å². The molecule has 0 saturated heterocycles. The molecule has 2 aromatic rings. The third-order valence-electron chi connectivity index (χ3n) is 2.41. The molecule has 1 aromatic carbocycles. The van der Waals surface area contributed by atoms with Gasteiger partial charge in [0.15, 0.2) is 11.6 Å². The van der Waals surface area contributed by atoms with Gasteiger partial charge >= 0.3 is 0 Å². The van der Waals surface area contributed by atoms with Crippen LogP contribution in [-0.2, 0) is 5.75 Å². The molecular weight excluding hydrogens is 254 g/mol. The van der Waals surface area contributed by atoms with E-state index in [9.17, 15) is 8.78 Å². The summed E-state index contributed by atoms with van der Waals surface area (Å²) in [5, 5.41) is 2.99. The molecule has 1 heterocycles. The van der Waals surface area contributed by atoms with Gasteiger partial charge in [0.05, 0.1) is 0 Å². The van der Waals surface area contributed by atoms with E-state index in [1.54, 1.807) is 19.3 Å². The van der Waals surface area contributed by atoms with Crippen molar-refractivity contribution in [3.63, 3.8) is 0 Å². The first kappa shape index (κ1) is 12.8. The number of nitrogens with one attached hydrogen (secondary N) is 1. The van der Waals surface area contributed by atoms with E-state index in [1.165, 1.54) is 17.8 Å². The van der Waals surface area contributed by atoms with Gasteiger partial charge in [-0.15, -0.1) is 11.8 Å². The van der Waals surface area contributed by atoms with Crippen LogP contribution in [0.15, 0.2) is 41.4 Å². The van der Waals surface area contributed by atoms with Crippen LogP contribution in [-0.4, -0.2) is 12.0 Å². The fourth-order valence-electron chi connectivity index (χ4n) is 1.51. The van der Waals surface area contributed by atoms with Gasteiger partial charge in [0.2, 0.25) is 0 Å². The van der Waals surface area contributed by atoms with Gasteiger partial charge < -0.3 is 5.32 Å². The number of halogens is 2. The molecule has 0 aliphatic carbocycles. The van der Waals surface area contributed by atoms with Crippen LogP contribution >= 0.6 is 11.8 Å². The minimum Gasteiger partial charge on any atom is -0.373 e. The van der Waals surface area contributed by atoms with Gasteiger partial charge in [0, 0.05) is 29.5 Å². The molecule has 2 rings (SSSR count). The number of rotatable bonds is 4. The van der Waals surface area contributed by atoms with Gasteiger partial charge in [-0.3, -0.25) is 0 Å². The molecule has 0 amide bonds. The van der Waals surface area contributed by atoms with Crippen molar-refractivity contribution >= 4 is 17.6 Å². The highest BCUT2D eigenvalue weighted by molar-refractivity contribution is 7.98. The molecule has 0 saturated carbocycles. The van der Waals surface area contributed by atoms with Crippen LogP contribution < -0.4 is 5.32 Å². The van der Waals surface area contributed by atoms with Crippen LogP contribution in [0.1, 0.15) is 5.56 Å². The molecule has 0 bridgehead atoms. The highest BCUT2D eigenvalue weighted by atomic mass is 32.2. The monoisotopic (exact) mass is 266 g/mol. The van der Waals surface area contributed by atoms with E-state index < -0.39 is 11.6 Å². The van der Waals surface area contributed by atoms with Gasteiger partial charge in [-0.25, -0.2) is 13.8 Å². The molecule has 5 heteroatoms. The quantitative estimate of drug-likeness (QED) is 0.854. The van der Waals surface area contributed by atoms with E-state index in [1.807, 2.05) is 12.1 Å². The molecule has 0 radical (unpaired) electrons. The van der Waals surface area contributed by atoms with Crippen LogP contribution in [0.2, 0.25) is 0 Å². The van der Waals surface area contributed by atoms with Crippen molar-refractivity contribution in [2.75, 3.05) is 12.4 Å². The fourth-order valence-corrected chi connectivity index (χ4v) is 2.41. The summed E-state index contributed by atoms with van der Waals surface area (Å²) in [6, 6.07) is 7.71. The zero-order chi connectivity index (χ0) is 13.0. The Kier molecular flexibility index (Phi) is 4.15. The summed E-state index contributed by atoms with van der Waals surface area (Å²) in [4.78, 5) is 4.88. The molecule has 0 unspecified atom stereocenters. The molecule has 0 aliphatic rings. The van der Waals surface area contributed by atoms with Crippen molar-refractivity contribution in [3.05, 3.63) is 53.7 Å². The Labute approximate surface area is 108 Å². The topological polar surface area (TPSA) is 24.9 Å². The van der Waals surface area contributed by atoms with Crippen LogP contribution in [0.25, 0.3) is 0 Å². The summed E-state index contributed by atoms with van der Waals surface area (Å²) >= 11 is 1.44. The maximum absolute atomic E-state index is 13.0. The first-order chi connectivity index (χ1) is 8.70. The number of thioether (sulfide) groups is 1. The minimum atomic E-state index is -0.823. The minimum absolute atomic E-state index is 0.648. The van der Waals surface area contributed by atoms with Gasteiger partial charge in [0.1, 0.15) is 5.82 Å². The summed E-state index contributed by atoms with van der Waals surface area (Å²) in [6.45, 7) is 0. The number of nitrogens with zero attached hydrogens (tertiary/aromatic N) is 1. The average molecular weight is 266 g/mol. The Balaban J connectivity index is 2.09. The third kappa shape index (κ3) is 2.98. The maximum Gasteiger partial charge on any atom is 0.159 e. The number of hydrogen-bond acceptors (Lipinski definition) is 3. The molecule has 2 nitrogen and oxygen atoms in total. The summed E-state index contributed by atoms with van der Waals surface area (Å²) in [5.41, 5.74) is 1.02. The molecule has 1 aromatic heterocycles. The first-order valence-electron chi connectivity index (χ1n) is 5.40. The molecule has 18 heavy (non-hydrogen) atoms. The highest BCUT2D eigenvalue weighted by Gasteiger charge is 2.05. The number of hydrogen-bond donors (Lipinski definition) is 1. The number of benzene rings is 1. The lowest BCUT2D eigenvalue weighted by Gasteiger charge is -2.07. The smallest absolute Gasteiger partial charge is 0.159 e. The second kappa shape index (κ2) is 5.82. The van der Waals surface area contributed by atoms with Crippen LogP contribution in [0, 0.1) is 11.6 Å². The summed E-state index contributed by atoms with van der Waals surface area (Å²) < 4.78 is 25.8. The SMILES string of the molecule is CNc1ncccc1CSc1ccc(F)c(F)c1. The van der Waals surface area contributed by atoms with Crippen molar-refractivity contribution in [1.82, 2.24) is 4.98 Å². The molecule has 0 spiro atoms. The molecule has 94 valence electrons. The Hall–Kier alpha value is -1.62. The van der Waals surface area contributed by atoms with E-state index in [4.69, 9.17) is 0 Å². The van der Waals surface area contributed by atoms with Crippen molar-refractivity contribution in [1.29, 1.82) is 0 Å². The normalized spacial score (nSPS) is 10.4. The molecule has 0 aliphatic heterocycles. The van der Waals surface area contributed by atoms with Gasteiger partial charge in [-0.1, -0.05) is 6.07 Å². The standard InChI is InChI=1S/C13H12F2N2S/c1-16-13-9(3-2-6-17-13)8-18-10-4-5-11(14)12(15)7-10/h2-7H,8H2,1H3,(H,16,17). The summed E-state index contributed by atoms with van der Waals surface area (Å²) in [6.07, 6.45) is 1.71. The van der Waals surface area contributed by atoms with Gasteiger partial charge in [-0.2, -0.15) is 0 Å². The highest BCUT2D eigenvalue weighted by Crippen LogP contribution is 2.26. The maximum atomic E-state index is 13.0. The molecule has 1 N–H and O–H groups in total. The van der Waals surface area contributed by atoms with E-state index >= 15 is 0 Å². The van der Waals surface area contributed by atoms with Crippen molar-refractivity contribution in [2.45, 2.75) is 10.6 Å². The van der Waals surface area contributed by atoms with E-state index in [0.29, 0.717) is 10.6 Å². The molecule has 0 fully saturated rings. The Morgan fingerprint density at radius 1 is 1.22 bits per heavy atom. The third-order valence-corrected chi connectivity index (χ3v) is 3.46. The summed E-state index contributed by atoms with van der Waals surface area (Å²) in [7, 11) is 1.80. The number of anilines is 1. The predicted octanol–water partition coefficient (Wildman–Crippen LogP) is 3.69. The Morgan fingerprint density at radius 2 is 2.06 bits per heavy atom. The Morgan fingerprint density at radius 3 is 2.78 bits per heavy atom. The van der Waals surface area contributed by atoms with Crippen molar-refractivity contribution in [2.24, 2.45) is 0 Å². The summed E-state index contributed by atoms with van der Waals surface area (Å²) in [5.74, 6) is -0.195. The van der Waals surface area contributed by atoms with E-state index in [-0.39, 0.29) is 0 Å². The van der Waals surface area contributed by atoms with Crippen molar-refractivity contribution in [3.8, 4) is 0 Å². The lowest BCUT2D eigenvalue weighted by molar-refractivity contribution is 0.506. The van der Waals surface area contributed by atoms with Crippen LogP contribution in [0.5, 0.6) is 0 Å². The predicted molar refractivity (Wildman–Crippen MR) is 69.7 cm³/mol. The zero-order valence-electron chi connectivity index (χ0n) is 9.78.